The van der Waals surface area contributed by atoms with E-state index in [-0.39, 0.29) is 12.5 Å². The maximum atomic E-state index is 11.8. The number of nitrogens with one attached hydrogen (secondary N) is 2. The number of carboxylic acids is 1. The van der Waals surface area contributed by atoms with Gasteiger partial charge in [0.05, 0.1) is 0 Å². The summed E-state index contributed by atoms with van der Waals surface area (Å²) in [6.07, 6.45) is 6.55. The second kappa shape index (κ2) is 8.64. The van der Waals surface area contributed by atoms with Crippen LogP contribution in [0.1, 0.15) is 25.3 Å². The summed E-state index contributed by atoms with van der Waals surface area (Å²) in [6.45, 7) is 1.90. The van der Waals surface area contributed by atoms with Crippen LogP contribution in [0.25, 0.3) is 0 Å². The summed E-state index contributed by atoms with van der Waals surface area (Å²) in [4.78, 5) is 23.1. The molecule has 5 nitrogen and oxygen atoms in total. The number of hydrogen-bond donors (Lipinski definition) is 3. The van der Waals surface area contributed by atoms with E-state index < -0.39 is 18.0 Å². The standard InChI is InChI=1S/C16H20N2O3/c1-3-8-13(4-2)17-16(21)18-14(15(19)20)11-12-9-6-5-7-10-12/h1,5-7,9-10,13-14H,4,8,11H2,2H3,(H,19,20)(H2,17,18,21)/t13?,14-/m0/s1. The van der Waals surface area contributed by atoms with Gasteiger partial charge in [-0.3, -0.25) is 0 Å². The van der Waals surface area contributed by atoms with E-state index in [0.717, 1.165) is 5.56 Å². The fourth-order valence-corrected chi connectivity index (χ4v) is 1.87. The number of hydrogen-bond acceptors (Lipinski definition) is 2. The van der Waals surface area contributed by atoms with Crippen molar-refractivity contribution in [2.75, 3.05) is 0 Å². The smallest absolute Gasteiger partial charge is 0.326 e. The second-order valence-corrected chi connectivity index (χ2v) is 4.71. The molecule has 0 saturated carbocycles. The van der Waals surface area contributed by atoms with Crippen molar-refractivity contribution in [2.24, 2.45) is 0 Å². The third kappa shape index (κ3) is 6.00. The lowest BCUT2D eigenvalue weighted by Gasteiger charge is -2.19. The molecule has 1 aromatic carbocycles. The van der Waals surface area contributed by atoms with Crippen molar-refractivity contribution >= 4 is 12.0 Å². The molecule has 0 aliphatic rings. The van der Waals surface area contributed by atoms with Crippen molar-refractivity contribution < 1.29 is 14.7 Å². The highest BCUT2D eigenvalue weighted by atomic mass is 16.4. The van der Waals surface area contributed by atoms with Crippen molar-refractivity contribution in [3.63, 3.8) is 0 Å². The zero-order valence-electron chi connectivity index (χ0n) is 12.0. The van der Waals surface area contributed by atoms with Crippen LogP contribution in [0.5, 0.6) is 0 Å². The van der Waals surface area contributed by atoms with Gasteiger partial charge in [-0.2, -0.15) is 0 Å². The summed E-state index contributed by atoms with van der Waals surface area (Å²) in [7, 11) is 0. The number of urea groups is 1. The number of aliphatic carboxylic acids is 1. The minimum Gasteiger partial charge on any atom is -0.480 e. The highest BCUT2D eigenvalue weighted by molar-refractivity contribution is 5.82. The first-order valence-corrected chi connectivity index (χ1v) is 6.84. The lowest BCUT2D eigenvalue weighted by atomic mass is 10.1. The minimum atomic E-state index is -1.07. The van der Waals surface area contributed by atoms with E-state index >= 15 is 0 Å². The van der Waals surface area contributed by atoms with Crippen molar-refractivity contribution in [1.29, 1.82) is 0 Å². The Kier molecular flexibility index (Phi) is 6.82. The molecule has 0 radical (unpaired) electrons. The molecule has 2 amide bonds. The van der Waals surface area contributed by atoms with Crippen molar-refractivity contribution in [2.45, 2.75) is 38.3 Å². The second-order valence-electron chi connectivity index (χ2n) is 4.71. The van der Waals surface area contributed by atoms with Gasteiger partial charge < -0.3 is 15.7 Å². The summed E-state index contributed by atoms with van der Waals surface area (Å²) in [5.74, 6) is 1.41. The average Bonchev–Trinajstić information content (AvgIpc) is 2.47. The van der Waals surface area contributed by atoms with Gasteiger partial charge in [-0.25, -0.2) is 9.59 Å². The van der Waals surface area contributed by atoms with Gasteiger partial charge in [0.15, 0.2) is 0 Å². The normalized spacial score (nSPS) is 12.8. The SMILES string of the molecule is C#CCC(CC)NC(=O)N[C@@H](Cc1ccccc1)C(=O)O. The largest absolute Gasteiger partial charge is 0.480 e. The predicted molar refractivity (Wildman–Crippen MR) is 80.8 cm³/mol. The molecule has 2 atom stereocenters. The molecule has 3 N–H and O–H groups in total. The first-order valence-electron chi connectivity index (χ1n) is 6.84. The molecule has 112 valence electrons. The zero-order valence-corrected chi connectivity index (χ0v) is 12.0. The van der Waals surface area contributed by atoms with Gasteiger partial charge in [0.2, 0.25) is 0 Å². The van der Waals surface area contributed by atoms with E-state index in [9.17, 15) is 14.7 Å². The summed E-state index contributed by atoms with van der Waals surface area (Å²) < 4.78 is 0. The molecule has 0 bridgehead atoms. The molecule has 0 fully saturated rings. The number of carbonyl (C=O) groups is 2. The van der Waals surface area contributed by atoms with E-state index in [0.29, 0.717) is 12.8 Å². The van der Waals surface area contributed by atoms with Gasteiger partial charge >= 0.3 is 12.0 Å². The monoisotopic (exact) mass is 288 g/mol. The highest BCUT2D eigenvalue weighted by Gasteiger charge is 2.21. The van der Waals surface area contributed by atoms with Crippen LogP contribution >= 0.6 is 0 Å². The maximum Gasteiger partial charge on any atom is 0.326 e. The van der Waals surface area contributed by atoms with Gasteiger partial charge in [-0.05, 0) is 12.0 Å². The van der Waals surface area contributed by atoms with Crippen molar-refractivity contribution in [3.05, 3.63) is 35.9 Å². The van der Waals surface area contributed by atoms with Crippen LogP contribution < -0.4 is 10.6 Å². The molecule has 1 aromatic rings. The lowest BCUT2D eigenvalue weighted by molar-refractivity contribution is -0.139. The topological polar surface area (TPSA) is 78.4 Å². The fraction of sp³-hybridized carbons (Fsp3) is 0.375. The predicted octanol–water partition coefficient (Wildman–Crippen LogP) is 1.78. The minimum absolute atomic E-state index is 0.152. The summed E-state index contributed by atoms with van der Waals surface area (Å²) in [5.41, 5.74) is 0.848. The number of carboxylic acid groups (broad SMARTS) is 1. The Morgan fingerprint density at radius 3 is 2.48 bits per heavy atom. The van der Waals surface area contributed by atoms with Gasteiger partial charge in [0, 0.05) is 18.9 Å². The molecule has 0 aromatic heterocycles. The molecular weight excluding hydrogens is 268 g/mol. The molecule has 0 heterocycles. The lowest BCUT2D eigenvalue weighted by Crippen LogP contribution is -2.49. The number of rotatable bonds is 7. The Balaban J connectivity index is 2.60. The molecule has 0 saturated heterocycles. The van der Waals surface area contributed by atoms with Crippen molar-refractivity contribution in [1.82, 2.24) is 10.6 Å². The summed E-state index contributed by atoms with van der Waals surface area (Å²) >= 11 is 0. The summed E-state index contributed by atoms with van der Waals surface area (Å²) in [5, 5.41) is 14.4. The average molecular weight is 288 g/mol. The number of carbonyl (C=O) groups excluding carboxylic acids is 1. The van der Waals surface area contributed by atoms with Gasteiger partial charge in [-0.15, -0.1) is 12.3 Å². The van der Waals surface area contributed by atoms with E-state index in [1.54, 1.807) is 0 Å². The van der Waals surface area contributed by atoms with Gasteiger partial charge in [0.1, 0.15) is 6.04 Å². The van der Waals surface area contributed by atoms with Gasteiger partial charge in [0.25, 0.3) is 0 Å². The third-order valence-corrected chi connectivity index (χ3v) is 3.08. The number of terminal acetylenes is 1. The van der Waals surface area contributed by atoms with Crippen LogP contribution in [-0.2, 0) is 11.2 Å². The molecule has 0 aliphatic carbocycles. The van der Waals surface area contributed by atoms with E-state index in [2.05, 4.69) is 16.6 Å². The quantitative estimate of drug-likeness (QED) is 0.669. The first kappa shape index (κ1) is 16.6. The fourth-order valence-electron chi connectivity index (χ4n) is 1.87. The van der Waals surface area contributed by atoms with Crippen LogP contribution in [0.3, 0.4) is 0 Å². The van der Waals surface area contributed by atoms with Crippen molar-refractivity contribution in [3.8, 4) is 12.3 Å². The van der Waals surface area contributed by atoms with Crippen LogP contribution in [0, 0.1) is 12.3 Å². The highest BCUT2D eigenvalue weighted by Crippen LogP contribution is 2.04. The Bertz CT molecular complexity index is 508. The molecular formula is C16H20N2O3. The van der Waals surface area contributed by atoms with Gasteiger partial charge in [-0.1, -0.05) is 37.3 Å². The van der Waals surface area contributed by atoms with Crippen LogP contribution in [0.2, 0.25) is 0 Å². The number of amides is 2. The Morgan fingerprint density at radius 2 is 1.95 bits per heavy atom. The maximum absolute atomic E-state index is 11.8. The van der Waals surface area contributed by atoms with Crippen LogP contribution in [-0.4, -0.2) is 29.2 Å². The zero-order chi connectivity index (χ0) is 15.7. The first-order chi connectivity index (χ1) is 10.1. The molecule has 5 heteroatoms. The third-order valence-electron chi connectivity index (χ3n) is 3.08. The molecule has 0 spiro atoms. The summed E-state index contributed by atoms with van der Waals surface area (Å²) in [6, 6.07) is 7.51. The molecule has 1 rings (SSSR count). The number of benzene rings is 1. The van der Waals surface area contributed by atoms with E-state index in [4.69, 9.17) is 6.42 Å². The van der Waals surface area contributed by atoms with E-state index in [1.807, 2.05) is 37.3 Å². The Labute approximate surface area is 124 Å². The Hall–Kier alpha value is -2.48. The van der Waals surface area contributed by atoms with Crippen LogP contribution in [0.15, 0.2) is 30.3 Å². The molecule has 21 heavy (non-hydrogen) atoms. The molecule has 0 aliphatic heterocycles. The Morgan fingerprint density at radius 1 is 1.29 bits per heavy atom. The van der Waals surface area contributed by atoms with Crippen LogP contribution in [0.4, 0.5) is 4.79 Å². The molecule has 1 unspecified atom stereocenters. The van der Waals surface area contributed by atoms with E-state index in [1.165, 1.54) is 0 Å².